The molecule has 5 rings (SSSR count). The van der Waals surface area contributed by atoms with Crippen molar-refractivity contribution in [2.45, 2.75) is 89.3 Å². The zero-order chi connectivity index (χ0) is 26.3. The van der Waals surface area contributed by atoms with Crippen LogP contribution in [0.5, 0.6) is 0 Å². The number of amides is 3. The minimum Gasteiger partial charge on any atom is -0.449 e. The Morgan fingerprint density at radius 3 is 2.53 bits per heavy atom. The molecular formula is C25H39N3O6. The molecule has 7 atom stereocenters. The second kappa shape index (κ2) is 9.84. The number of aliphatic hydroxyl groups is 1. The van der Waals surface area contributed by atoms with Gasteiger partial charge in [0.25, 0.3) is 0 Å². The second-order valence-electron chi connectivity index (χ2n) is 11.5. The molecule has 34 heavy (non-hydrogen) atoms. The first kappa shape index (κ1) is 22.3. The quantitative estimate of drug-likeness (QED) is 0.352. The van der Waals surface area contributed by atoms with Crippen LogP contribution in [0, 0.1) is 29.1 Å². The molecule has 4 bridgehead atoms. The molecule has 0 radical (unpaired) electrons. The van der Waals surface area contributed by atoms with Crippen LogP contribution in [0.2, 0.25) is 0 Å². The number of hydrogen-bond donors (Lipinski definition) is 4. The lowest BCUT2D eigenvalue weighted by Crippen LogP contribution is -2.57. The smallest absolute Gasteiger partial charge is 0.407 e. The number of carbonyl (C=O) groups excluding carboxylic acids is 4. The molecule has 1 aliphatic heterocycles. The highest BCUT2D eigenvalue weighted by atomic mass is 16.5. The van der Waals surface area contributed by atoms with Crippen molar-refractivity contribution in [3.63, 3.8) is 0 Å². The lowest BCUT2D eigenvalue weighted by molar-refractivity contribution is -0.175. The summed E-state index contributed by atoms with van der Waals surface area (Å²) in [5.41, 5.74) is -1.85. The fraction of sp³-hybridized carbons (Fsp3) is 0.840. The minimum atomic E-state index is -2.30. The molecule has 9 heteroatoms. The number of ether oxygens (including phenoxy) is 1. The first-order valence-corrected chi connectivity index (χ1v) is 12.6. The van der Waals surface area contributed by atoms with Crippen molar-refractivity contribution in [3.05, 3.63) is 0 Å². The Hall–Kier alpha value is -2.16. The maximum atomic E-state index is 13.0. The minimum absolute atomic E-state index is 0.0190. The predicted octanol–water partition coefficient (Wildman–Crippen LogP) is 1.67. The Morgan fingerprint density at radius 2 is 1.97 bits per heavy atom. The summed E-state index contributed by atoms with van der Waals surface area (Å²) in [7, 11) is 0. The molecule has 0 aromatic rings. The lowest BCUT2D eigenvalue weighted by atomic mass is 9.48. The maximum absolute atomic E-state index is 13.0. The van der Waals surface area contributed by atoms with Gasteiger partial charge in [0.05, 0.1) is 20.9 Å². The molecule has 5 aliphatic rings. The molecule has 0 aromatic carbocycles. The van der Waals surface area contributed by atoms with Crippen LogP contribution in [-0.4, -0.2) is 60.1 Å². The summed E-state index contributed by atoms with van der Waals surface area (Å²) in [6, 6.07) is -1.91. The van der Waals surface area contributed by atoms with Gasteiger partial charge in [-0.25, -0.2) is 4.79 Å². The number of rotatable bonds is 10. The molecule has 190 valence electrons. The fourth-order valence-electron chi connectivity index (χ4n) is 6.97. The number of hydrogen-bond acceptors (Lipinski definition) is 6. The molecule has 4 N–H and O–H groups in total. The van der Waals surface area contributed by atoms with Crippen molar-refractivity contribution < 1.29 is 31.8 Å². The highest BCUT2D eigenvalue weighted by Gasteiger charge is 2.57. The molecule has 0 aromatic heterocycles. The van der Waals surface area contributed by atoms with E-state index >= 15 is 0 Å². The van der Waals surface area contributed by atoms with E-state index in [1.54, 1.807) is 0 Å². The van der Waals surface area contributed by atoms with E-state index in [2.05, 4.69) is 16.0 Å². The van der Waals surface area contributed by atoms with Crippen LogP contribution in [0.3, 0.4) is 0 Å². The predicted molar refractivity (Wildman–Crippen MR) is 124 cm³/mol. The van der Waals surface area contributed by atoms with Gasteiger partial charge in [-0.05, 0) is 75.5 Å². The van der Waals surface area contributed by atoms with E-state index in [-0.39, 0.29) is 48.8 Å². The van der Waals surface area contributed by atoms with Crippen molar-refractivity contribution in [2.75, 3.05) is 13.1 Å². The molecule has 4 aliphatic carbocycles. The van der Waals surface area contributed by atoms with Gasteiger partial charge in [-0.3, -0.25) is 9.59 Å². The van der Waals surface area contributed by atoms with Gasteiger partial charge in [0, 0.05) is 17.9 Å². The van der Waals surface area contributed by atoms with Gasteiger partial charge in [-0.15, -0.1) is 0 Å². The number of carbonyl (C=O) groups is 4. The zero-order valence-electron chi connectivity index (χ0n) is 22.1. The highest BCUT2D eigenvalue weighted by Crippen LogP contribution is 2.61. The topological polar surface area (TPSA) is 134 Å². The van der Waals surface area contributed by atoms with E-state index in [9.17, 15) is 24.3 Å². The first-order valence-electron chi connectivity index (χ1n) is 13.6. The summed E-state index contributed by atoms with van der Waals surface area (Å²) in [6.07, 6.45) is 4.29. The third-order valence-electron chi connectivity index (χ3n) is 7.90. The van der Waals surface area contributed by atoms with Crippen molar-refractivity contribution in [1.29, 1.82) is 0 Å². The molecule has 3 amide bonds. The average Bonchev–Trinajstić information content (AvgIpc) is 3.14. The highest BCUT2D eigenvalue weighted by molar-refractivity contribution is 5.88. The van der Waals surface area contributed by atoms with E-state index in [1.165, 1.54) is 0 Å². The Morgan fingerprint density at radius 1 is 1.26 bits per heavy atom. The summed E-state index contributed by atoms with van der Waals surface area (Å²) in [4.78, 5) is 49.3. The average molecular weight is 480 g/mol. The van der Waals surface area contributed by atoms with Gasteiger partial charge in [0.15, 0.2) is 0 Å². The molecule has 1 heterocycles. The number of aldehydes is 1. The molecule has 5 fully saturated rings. The van der Waals surface area contributed by atoms with E-state index in [0.29, 0.717) is 44.9 Å². The van der Waals surface area contributed by atoms with Crippen LogP contribution in [-0.2, 0) is 19.1 Å². The Balaban J connectivity index is 1.39. The Bertz CT molecular complexity index is 883. The lowest BCUT2D eigenvalue weighted by Gasteiger charge is -2.59. The second-order valence-corrected chi connectivity index (χ2v) is 11.5. The monoisotopic (exact) mass is 479 g/mol. The fourth-order valence-corrected chi connectivity index (χ4v) is 6.97. The number of nitrogens with one attached hydrogen (secondary N) is 3. The van der Waals surface area contributed by atoms with E-state index in [0.717, 1.165) is 6.42 Å². The van der Waals surface area contributed by atoms with Crippen LogP contribution in [0.15, 0.2) is 0 Å². The molecular weight excluding hydrogens is 438 g/mol. The van der Waals surface area contributed by atoms with E-state index < -0.39 is 41.7 Å². The van der Waals surface area contributed by atoms with Gasteiger partial charge < -0.3 is 30.6 Å². The van der Waals surface area contributed by atoms with Gasteiger partial charge in [-0.2, -0.15) is 0 Å². The molecule has 0 spiro atoms. The molecule has 2 unspecified atom stereocenters. The summed E-state index contributed by atoms with van der Waals surface area (Å²) >= 11 is 0. The van der Waals surface area contributed by atoms with Crippen LogP contribution in [0.25, 0.3) is 0 Å². The Labute approximate surface area is 203 Å². The third kappa shape index (κ3) is 5.73. The SMILES string of the molecule is [2H]C([2H])(OC(=O)N[C@@H](CC(C)C)C(=O)N[C@H](C=O)C[C@@H]1CCNC1=O)C12C[C@@H]3C[C@@H](CC(O)(C3)C1)C2. The summed E-state index contributed by atoms with van der Waals surface area (Å²) in [5.74, 6) is -0.622. The van der Waals surface area contributed by atoms with Crippen molar-refractivity contribution in [1.82, 2.24) is 16.0 Å². The molecule has 4 saturated carbocycles. The third-order valence-corrected chi connectivity index (χ3v) is 7.90. The normalized spacial score (nSPS) is 36.8. The van der Waals surface area contributed by atoms with Crippen LogP contribution >= 0.6 is 0 Å². The van der Waals surface area contributed by atoms with Gasteiger partial charge in [-0.1, -0.05) is 13.8 Å². The van der Waals surface area contributed by atoms with E-state index in [4.69, 9.17) is 7.48 Å². The van der Waals surface area contributed by atoms with Crippen LogP contribution < -0.4 is 16.0 Å². The largest absolute Gasteiger partial charge is 0.449 e. The van der Waals surface area contributed by atoms with Crippen LogP contribution in [0.1, 0.15) is 74.4 Å². The summed E-state index contributed by atoms with van der Waals surface area (Å²) in [5, 5.41) is 18.8. The zero-order valence-corrected chi connectivity index (χ0v) is 20.1. The van der Waals surface area contributed by atoms with Crippen molar-refractivity contribution >= 4 is 24.2 Å². The Kier molecular flexibility index (Phi) is 6.45. The van der Waals surface area contributed by atoms with E-state index in [1.807, 2.05) is 13.8 Å². The van der Waals surface area contributed by atoms with Gasteiger partial charge in [0.2, 0.25) is 11.8 Å². The molecule has 9 nitrogen and oxygen atoms in total. The van der Waals surface area contributed by atoms with Gasteiger partial charge in [0.1, 0.15) is 12.3 Å². The maximum Gasteiger partial charge on any atom is 0.407 e. The van der Waals surface area contributed by atoms with Crippen LogP contribution in [0.4, 0.5) is 4.79 Å². The van der Waals surface area contributed by atoms with Gasteiger partial charge >= 0.3 is 6.09 Å². The first-order chi connectivity index (χ1) is 16.8. The number of alkyl carbamates (subject to hydrolysis) is 1. The standard InChI is InChI=1S/C25H39N3O6/c1-15(2)5-20(22(31)27-19(12-29)7-18-3-4-26-21(18)30)28-23(32)34-14-24-8-16-6-17(9-24)11-25(33,10-16)13-24/h12,15-20,33H,3-11,13-14H2,1-2H3,(H,26,30)(H,27,31)(H,28,32)/t16-,17+,18-,19-,20-,24?,25?/m0/s1/i14D2. The summed E-state index contributed by atoms with van der Waals surface area (Å²) < 4.78 is 22.7. The van der Waals surface area contributed by atoms with Crippen molar-refractivity contribution in [2.24, 2.45) is 29.1 Å². The summed E-state index contributed by atoms with van der Waals surface area (Å²) in [6.45, 7) is 1.99. The molecule has 1 saturated heterocycles. The van der Waals surface area contributed by atoms with Crippen molar-refractivity contribution in [3.8, 4) is 0 Å².